The van der Waals surface area contributed by atoms with Crippen LogP contribution in [0, 0.1) is 5.82 Å². The van der Waals surface area contributed by atoms with E-state index in [0.29, 0.717) is 22.6 Å². The van der Waals surface area contributed by atoms with Crippen LogP contribution >= 0.6 is 0 Å². The number of nitrogens with zero attached hydrogens (tertiary/aromatic N) is 5. The molecule has 0 bridgehead atoms. The molecule has 5 aromatic rings. The maximum Gasteiger partial charge on any atom is 0.301 e. The van der Waals surface area contributed by atoms with Gasteiger partial charge in [-0.2, -0.15) is 17.8 Å². The van der Waals surface area contributed by atoms with Crippen LogP contribution in [0.15, 0.2) is 73.3 Å². The number of hydrogen-bond donors (Lipinski definition) is 1. The highest BCUT2D eigenvalue weighted by atomic mass is 32.2. The second-order valence-corrected chi connectivity index (χ2v) is 10.6. The van der Waals surface area contributed by atoms with Gasteiger partial charge in [-0.15, -0.1) is 0 Å². The number of benzene rings is 3. The summed E-state index contributed by atoms with van der Waals surface area (Å²) in [6, 6.07) is 15.5. The van der Waals surface area contributed by atoms with Gasteiger partial charge >= 0.3 is 10.2 Å². The van der Waals surface area contributed by atoms with Crippen molar-refractivity contribution >= 4 is 26.9 Å². The van der Waals surface area contributed by atoms with Crippen LogP contribution in [-0.2, 0) is 17.3 Å². The Labute approximate surface area is 213 Å². The fourth-order valence-electron chi connectivity index (χ4n) is 4.03. The number of halogens is 1. The minimum Gasteiger partial charge on any atom is -0.497 e. The highest BCUT2D eigenvalue weighted by Crippen LogP contribution is 2.33. The molecule has 0 unspecified atom stereocenters. The Bertz CT molecular complexity index is 1730. The molecule has 0 aliphatic rings. The summed E-state index contributed by atoms with van der Waals surface area (Å²) in [6.07, 6.45) is 5.37. The molecule has 0 atom stereocenters. The second kappa shape index (κ2) is 9.34. The number of aromatic nitrogens is 4. The molecule has 9 nitrogen and oxygen atoms in total. The largest absolute Gasteiger partial charge is 0.497 e. The summed E-state index contributed by atoms with van der Waals surface area (Å²) < 4.78 is 52.5. The van der Waals surface area contributed by atoms with Crippen molar-refractivity contribution in [1.82, 2.24) is 23.6 Å². The van der Waals surface area contributed by atoms with Gasteiger partial charge in [-0.25, -0.2) is 9.37 Å². The number of aryl methyl sites for hydroxylation is 1. The lowest BCUT2D eigenvalue weighted by Gasteiger charge is -2.16. The topological polar surface area (TPSA) is 94.3 Å². The SMILES string of the molecule is COc1ccc(-c2cc(NS(=O)(=O)N(C)C)cc(-n3cnc4cc(-c5cnn(C)c5)ccc43)c2)c(F)c1. The Balaban J connectivity index is 1.64. The van der Waals surface area contributed by atoms with Crippen molar-refractivity contribution in [3.05, 3.63) is 79.1 Å². The van der Waals surface area contributed by atoms with Crippen molar-refractivity contribution in [2.75, 3.05) is 25.9 Å². The minimum absolute atomic E-state index is 0.283. The summed E-state index contributed by atoms with van der Waals surface area (Å²) in [5.74, 6) is -0.106. The lowest BCUT2D eigenvalue weighted by Crippen LogP contribution is -2.29. The molecule has 2 heterocycles. The van der Waals surface area contributed by atoms with Gasteiger partial charge in [-0.1, -0.05) is 6.07 Å². The lowest BCUT2D eigenvalue weighted by atomic mass is 10.0. The molecule has 0 aliphatic carbocycles. The number of hydrogen-bond acceptors (Lipinski definition) is 5. The molecule has 37 heavy (non-hydrogen) atoms. The third-order valence-electron chi connectivity index (χ3n) is 6.00. The zero-order valence-corrected chi connectivity index (χ0v) is 21.5. The number of methoxy groups -OCH3 is 1. The van der Waals surface area contributed by atoms with Gasteiger partial charge in [-0.3, -0.25) is 14.0 Å². The van der Waals surface area contributed by atoms with Crippen molar-refractivity contribution in [2.24, 2.45) is 7.05 Å². The Morgan fingerprint density at radius 3 is 2.49 bits per heavy atom. The zero-order chi connectivity index (χ0) is 26.3. The van der Waals surface area contributed by atoms with Gasteiger partial charge in [0.1, 0.15) is 17.9 Å². The van der Waals surface area contributed by atoms with Crippen molar-refractivity contribution in [3.8, 4) is 33.7 Å². The van der Waals surface area contributed by atoms with Crippen molar-refractivity contribution in [1.29, 1.82) is 0 Å². The fraction of sp³-hybridized carbons (Fsp3) is 0.154. The van der Waals surface area contributed by atoms with Crippen LogP contribution in [0.1, 0.15) is 0 Å². The van der Waals surface area contributed by atoms with E-state index in [-0.39, 0.29) is 5.69 Å². The summed E-state index contributed by atoms with van der Waals surface area (Å²) in [5, 5.41) is 4.23. The monoisotopic (exact) mass is 520 g/mol. The smallest absolute Gasteiger partial charge is 0.301 e. The first-order chi connectivity index (χ1) is 17.6. The molecular weight excluding hydrogens is 495 g/mol. The van der Waals surface area contributed by atoms with Crippen LogP contribution in [0.4, 0.5) is 10.1 Å². The van der Waals surface area contributed by atoms with E-state index in [1.807, 2.05) is 36.0 Å². The standard InChI is InChI=1S/C26H25FN6O3S/c1-31(2)37(34,35)30-20-9-18(23-7-6-22(36-4)13-24(23)27)10-21(12-20)33-16-28-25-11-17(5-8-26(25)33)19-14-29-32(3)15-19/h5-16,30H,1-4H3. The Hall–Kier alpha value is -4.22. The maximum absolute atomic E-state index is 15.0. The quantitative estimate of drug-likeness (QED) is 0.342. The van der Waals surface area contributed by atoms with E-state index in [1.54, 1.807) is 47.5 Å². The first-order valence-corrected chi connectivity index (χ1v) is 12.7. The molecule has 2 aromatic heterocycles. The van der Waals surface area contributed by atoms with E-state index < -0.39 is 16.0 Å². The number of imidazole rings is 1. The minimum atomic E-state index is -3.80. The van der Waals surface area contributed by atoms with Crippen LogP contribution in [0.2, 0.25) is 0 Å². The van der Waals surface area contributed by atoms with Gasteiger partial charge in [0.15, 0.2) is 0 Å². The fourth-order valence-corrected chi connectivity index (χ4v) is 4.63. The average molecular weight is 521 g/mol. The summed E-state index contributed by atoms with van der Waals surface area (Å²) in [5.41, 5.74) is 5.18. The number of anilines is 1. The first kappa shape index (κ1) is 24.5. The molecular formula is C26H25FN6O3S. The van der Waals surface area contributed by atoms with E-state index in [1.165, 1.54) is 27.3 Å². The van der Waals surface area contributed by atoms with Crippen LogP contribution in [-0.4, -0.2) is 53.3 Å². The van der Waals surface area contributed by atoms with E-state index >= 15 is 4.39 Å². The molecule has 3 aromatic carbocycles. The van der Waals surface area contributed by atoms with Gasteiger partial charge in [0, 0.05) is 50.2 Å². The number of fused-ring (bicyclic) bond motifs is 1. The molecule has 0 amide bonds. The van der Waals surface area contributed by atoms with Crippen molar-refractivity contribution < 1.29 is 17.5 Å². The molecule has 0 radical (unpaired) electrons. The van der Waals surface area contributed by atoms with Gasteiger partial charge in [0.05, 0.1) is 30.0 Å². The van der Waals surface area contributed by atoms with E-state index in [4.69, 9.17) is 4.74 Å². The Morgan fingerprint density at radius 2 is 1.81 bits per heavy atom. The predicted octanol–water partition coefficient (Wildman–Crippen LogP) is 4.46. The van der Waals surface area contributed by atoms with Crippen LogP contribution < -0.4 is 9.46 Å². The second-order valence-electron chi connectivity index (χ2n) is 8.72. The summed E-state index contributed by atoms with van der Waals surface area (Å²) in [7, 11) is 2.39. The predicted molar refractivity (Wildman–Crippen MR) is 141 cm³/mol. The maximum atomic E-state index is 15.0. The van der Waals surface area contributed by atoms with Crippen LogP contribution in [0.3, 0.4) is 0 Å². The van der Waals surface area contributed by atoms with Crippen LogP contribution in [0.25, 0.3) is 39.0 Å². The Kier molecular flexibility index (Phi) is 6.18. The zero-order valence-electron chi connectivity index (χ0n) is 20.7. The van der Waals surface area contributed by atoms with E-state index in [0.717, 1.165) is 26.5 Å². The number of ether oxygens (including phenoxy) is 1. The third kappa shape index (κ3) is 4.78. The van der Waals surface area contributed by atoms with Gasteiger partial charge in [-0.05, 0) is 53.6 Å². The van der Waals surface area contributed by atoms with Gasteiger partial charge in [0.2, 0.25) is 0 Å². The molecule has 0 saturated carbocycles. The highest BCUT2D eigenvalue weighted by molar-refractivity contribution is 7.90. The number of rotatable bonds is 7. The third-order valence-corrected chi connectivity index (χ3v) is 7.45. The molecule has 11 heteroatoms. The lowest BCUT2D eigenvalue weighted by molar-refractivity contribution is 0.411. The first-order valence-electron chi connectivity index (χ1n) is 11.3. The Morgan fingerprint density at radius 1 is 1.00 bits per heavy atom. The highest BCUT2D eigenvalue weighted by Gasteiger charge is 2.17. The van der Waals surface area contributed by atoms with E-state index in [2.05, 4.69) is 14.8 Å². The van der Waals surface area contributed by atoms with Gasteiger partial charge < -0.3 is 4.74 Å². The molecule has 5 rings (SSSR count). The summed E-state index contributed by atoms with van der Waals surface area (Å²) in [4.78, 5) is 4.56. The molecule has 0 fully saturated rings. The molecule has 0 aliphatic heterocycles. The van der Waals surface area contributed by atoms with Gasteiger partial charge in [0.25, 0.3) is 0 Å². The molecule has 1 N–H and O–H groups in total. The molecule has 190 valence electrons. The van der Waals surface area contributed by atoms with Crippen LogP contribution in [0.5, 0.6) is 5.75 Å². The van der Waals surface area contributed by atoms with Crippen molar-refractivity contribution in [2.45, 2.75) is 0 Å². The average Bonchev–Trinajstić information content (AvgIpc) is 3.49. The number of nitrogens with one attached hydrogen (secondary N) is 1. The summed E-state index contributed by atoms with van der Waals surface area (Å²) in [6.45, 7) is 0. The normalized spacial score (nSPS) is 11.8. The molecule has 0 saturated heterocycles. The summed E-state index contributed by atoms with van der Waals surface area (Å²) >= 11 is 0. The van der Waals surface area contributed by atoms with E-state index in [9.17, 15) is 8.42 Å². The molecule has 0 spiro atoms. The van der Waals surface area contributed by atoms with Crippen molar-refractivity contribution in [3.63, 3.8) is 0 Å².